The van der Waals surface area contributed by atoms with Crippen molar-refractivity contribution in [3.05, 3.63) is 0 Å². The Labute approximate surface area is 46.0 Å². The van der Waals surface area contributed by atoms with Crippen LogP contribution in [-0.2, 0) is 0 Å². The van der Waals surface area contributed by atoms with Crippen molar-refractivity contribution in [2.45, 2.75) is 0 Å². The van der Waals surface area contributed by atoms with Crippen molar-refractivity contribution >= 4 is 24.1 Å². The van der Waals surface area contributed by atoms with Crippen molar-refractivity contribution in [3.63, 3.8) is 0 Å². The van der Waals surface area contributed by atoms with E-state index in [1.54, 1.807) is 0 Å². The van der Waals surface area contributed by atoms with Crippen molar-refractivity contribution in [2.24, 2.45) is 9.98 Å². The van der Waals surface area contributed by atoms with Gasteiger partial charge in [0.15, 0.2) is 11.7 Å². The van der Waals surface area contributed by atoms with Crippen molar-refractivity contribution in [1.82, 2.24) is 0 Å². The molecule has 0 unspecified atom stereocenters. The van der Waals surface area contributed by atoms with Crippen LogP contribution in [0.3, 0.4) is 0 Å². The van der Waals surface area contributed by atoms with Gasteiger partial charge in [-0.25, -0.2) is 9.98 Å². The van der Waals surface area contributed by atoms with Crippen molar-refractivity contribution in [2.75, 3.05) is 0 Å². The van der Waals surface area contributed by atoms with E-state index in [1.165, 1.54) is 12.4 Å². The molecule has 1 heterocycles. The highest BCUT2D eigenvalue weighted by Gasteiger charge is 2.00. The lowest BCUT2D eigenvalue weighted by Crippen LogP contribution is -2.10. The molecule has 0 bridgehead atoms. The maximum atomic E-state index is 6.86. The zero-order valence-corrected chi connectivity index (χ0v) is 4.05. The molecule has 0 aromatic carbocycles. The first-order valence-electron chi connectivity index (χ1n) is 2.05. The van der Waals surface area contributed by atoms with Crippen LogP contribution in [0.15, 0.2) is 9.98 Å². The number of aliphatic imine (C=N–C) groups is 2. The van der Waals surface area contributed by atoms with Crippen LogP contribution < -0.4 is 0 Å². The lowest BCUT2D eigenvalue weighted by molar-refractivity contribution is 1.40. The molecule has 1 aliphatic heterocycles. The lowest BCUT2D eigenvalue weighted by Gasteiger charge is -1.94. The van der Waals surface area contributed by atoms with E-state index < -0.39 is 0 Å². The summed E-state index contributed by atoms with van der Waals surface area (Å²) in [6.45, 7) is 0. The van der Waals surface area contributed by atoms with Gasteiger partial charge in [0.25, 0.3) is 0 Å². The second-order valence-corrected chi connectivity index (χ2v) is 1.25. The molecule has 8 heavy (non-hydrogen) atoms. The molecule has 0 aromatic rings. The van der Waals surface area contributed by atoms with Gasteiger partial charge in [0.2, 0.25) is 0 Å². The number of rotatable bonds is 0. The Morgan fingerprint density at radius 3 is 1.62 bits per heavy atom. The van der Waals surface area contributed by atoms with E-state index in [2.05, 4.69) is 9.98 Å². The molecule has 4 heteroatoms. The number of nitrogens with one attached hydrogen (secondary N) is 2. The Balaban J connectivity index is 2.89. The Kier molecular flexibility index (Phi) is 0.997. The molecular weight excluding hydrogens is 104 g/mol. The predicted molar refractivity (Wildman–Crippen MR) is 32.4 cm³/mol. The maximum Gasteiger partial charge on any atom is 0.189 e. The topological polar surface area (TPSA) is 72.4 Å². The van der Waals surface area contributed by atoms with Crippen LogP contribution in [0.25, 0.3) is 0 Å². The predicted octanol–water partition coefficient (Wildman–Crippen LogP) is 0.0961. The van der Waals surface area contributed by atoms with E-state index in [0.717, 1.165) is 0 Å². The average molecular weight is 108 g/mol. The normalized spacial score (nSPS) is 17.5. The molecule has 0 fully saturated rings. The van der Waals surface area contributed by atoms with E-state index in [-0.39, 0.29) is 11.7 Å². The Hall–Kier alpha value is -1.32. The first-order chi connectivity index (χ1) is 3.80. The van der Waals surface area contributed by atoms with Gasteiger partial charge in [-0.05, 0) is 0 Å². The summed E-state index contributed by atoms with van der Waals surface area (Å²) >= 11 is 0. The molecule has 0 spiro atoms. The van der Waals surface area contributed by atoms with Gasteiger partial charge in [0, 0.05) is 12.4 Å². The average Bonchev–Trinajstić information content (AvgIpc) is 1.77. The second-order valence-electron chi connectivity index (χ2n) is 1.25. The minimum absolute atomic E-state index is 0.0764. The van der Waals surface area contributed by atoms with Crippen LogP contribution in [0.2, 0.25) is 0 Å². The first kappa shape index (κ1) is 4.83. The highest BCUT2D eigenvalue weighted by atomic mass is 15.0. The summed E-state index contributed by atoms with van der Waals surface area (Å²) in [5, 5.41) is 13.7. The molecule has 0 saturated carbocycles. The fourth-order valence-electron chi connectivity index (χ4n) is 0.338. The maximum absolute atomic E-state index is 6.86. The zero-order chi connectivity index (χ0) is 5.98. The lowest BCUT2D eigenvalue weighted by atomic mass is 10.5. The van der Waals surface area contributed by atoms with Crippen LogP contribution in [0, 0.1) is 10.8 Å². The second kappa shape index (κ2) is 1.65. The zero-order valence-electron chi connectivity index (χ0n) is 4.05. The first-order valence-corrected chi connectivity index (χ1v) is 2.05. The summed E-state index contributed by atoms with van der Waals surface area (Å²) in [7, 11) is 0. The van der Waals surface area contributed by atoms with E-state index in [0.29, 0.717) is 0 Å². The molecule has 40 valence electrons. The van der Waals surface area contributed by atoms with Crippen LogP contribution in [0.1, 0.15) is 0 Å². The van der Waals surface area contributed by atoms with Crippen molar-refractivity contribution in [3.8, 4) is 0 Å². The van der Waals surface area contributed by atoms with Crippen LogP contribution in [0.4, 0.5) is 0 Å². The summed E-state index contributed by atoms with van der Waals surface area (Å²) in [6.07, 6.45) is 2.78. The summed E-state index contributed by atoms with van der Waals surface area (Å²) < 4.78 is 0. The molecule has 1 aliphatic rings. The number of hydrogen-bond acceptors (Lipinski definition) is 2. The largest absolute Gasteiger partial charge is 0.280 e. The Morgan fingerprint density at radius 2 is 1.38 bits per heavy atom. The van der Waals surface area contributed by atoms with Crippen LogP contribution >= 0.6 is 0 Å². The summed E-state index contributed by atoms with van der Waals surface area (Å²) in [6, 6.07) is 0. The summed E-state index contributed by atoms with van der Waals surface area (Å²) in [4.78, 5) is 6.99. The molecule has 0 atom stereocenters. The van der Waals surface area contributed by atoms with Gasteiger partial charge < -0.3 is 0 Å². The summed E-state index contributed by atoms with van der Waals surface area (Å²) in [5.74, 6) is -0.153. The summed E-state index contributed by atoms with van der Waals surface area (Å²) in [5.41, 5.74) is 0. The quantitative estimate of drug-likeness (QED) is 0.441. The van der Waals surface area contributed by atoms with Crippen molar-refractivity contribution in [1.29, 1.82) is 10.8 Å². The number of amidine groups is 2. The van der Waals surface area contributed by atoms with E-state index in [1.807, 2.05) is 0 Å². The van der Waals surface area contributed by atoms with Gasteiger partial charge in [0.1, 0.15) is 0 Å². The molecule has 4 nitrogen and oxygen atoms in total. The minimum Gasteiger partial charge on any atom is -0.280 e. The molecule has 0 amide bonds. The molecular formula is C4H4N4. The SMILES string of the molecule is N=C1N=CC=NC1=N. The monoisotopic (exact) mass is 108 g/mol. The van der Waals surface area contributed by atoms with Gasteiger partial charge in [-0.1, -0.05) is 0 Å². The van der Waals surface area contributed by atoms with Gasteiger partial charge >= 0.3 is 0 Å². The van der Waals surface area contributed by atoms with Gasteiger partial charge in [-0.15, -0.1) is 0 Å². The third-order valence-electron chi connectivity index (χ3n) is 0.698. The van der Waals surface area contributed by atoms with E-state index >= 15 is 0 Å². The van der Waals surface area contributed by atoms with E-state index in [4.69, 9.17) is 10.8 Å². The fourth-order valence-corrected chi connectivity index (χ4v) is 0.338. The van der Waals surface area contributed by atoms with Crippen molar-refractivity contribution < 1.29 is 0 Å². The van der Waals surface area contributed by atoms with Crippen LogP contribution in [0.5, 0.6) is 0 Å². The van der Waals surface area contributed by atoms with Gasteiger partial charge in [-0.3, -0.25) is 10.8 Å². The fraction of sp³-hybridized carbons (Fsp3) is 0. The Bertz CT molecular complexity index is 166. The number of hydrogen-bond donors (Lipinski definition) is 2. The molecule has 0 radical (unpaired) electrons. The molecule has 1 rings (SSSR count). The Morgan fingerprint density at radius 1 is 1.00 bits per heavy atom. The van der Waals surface area contributed by atoms with Gasteiger partial charge in [0.05, 0.1) is 0 Å². The highest BCUT2D eigenvalue weighted by molar-refractivity contribution is 6.46. The smallest absolute Gasteiger partial charge is 0.189 e. The third-order valence-corrected chi connectivity index (χ3v) is 0.698. The van der Waals surface area contributed by atoms with E-state index in [9.17, 15) is 0 Å². The van der Waals surface area contributed by atoms with Crippen LogP contribution in [-0.4, -0.2) is 24.1 Å². The number of nitrogens with zero attached hydrogens (tertiary/aromatic N) is 2. The minimum atomic E-state index is -0.0764. The third kappa shape index (κ3) is 0.676. The standard InChI is InChI=1S/C4H4N4/c5-3-4(6)8-2-1-7-3/h1-2,5-6H. The highest BCUT2D eigenvalue weighted by Crippen LogP contribution is 1.84. The molecule has 2 N–H and O–H groups in total. The van der Waals surface area contributed by atoms with Gasteiger partial charge in [-0.2, -0.15) is 0 Å². The molecule has 0 saturated heterocycles. The molecule has 0 aromatic heterocycles. The molecule has 0 aliphatic carbocycles.